The Morgan fingerprint density at radius 3 is 2.50 bits per heavy atom. The molecule has 0 fully saturated rings. The van der Waals surface area contributed by atoms with Crippen molar-refractivity contribution in [3.63, 3.8) is 0 Å². The highest BCUT2D eigenvalue weighted by Gasteiger charge is 1.94. The zero-order valence-electron chi connectivity index (χ0n) is 6.94. The largest absolute Gasteiger partial charge is 0.309 e. The summed E-state index contributed by atoms with van der Waals surface area (Å²) in [6.07, 6.45) is 3.98. The van der Waals surface area contributed by atoms with Gasteiger partial charge in [0.2, 0.25) is 0 Å². The van der Waals surface area contributed by atoms with Gasteiger partial charge in [0.1, 0.15) is 5.82 Å². The molecule has 2 rings (SSSR count). The standard InChI is InChI=1S/C10H10N2/c1-9-5-4-6-10(11-9)12-7-2-3-8-12/h2-8H,1H3. The van der Waals surface area contributed by atoms with Gasteiger partial charge in [0, 0.05) is 18.1 Å². The molecular formula is C10H10N2. The Hall–Kier alpha value is -1.57. The minimum Gasteiger partial charge on any atom is -0.309 e. The summed E-state index contributed by atoms with van der Waals surface area (Å²) in [5.74, 6) is 0.972. The van der Waals surface area contributed by atoms with Crippen LogP contribution in [0.15, 0.2) is 42.7 Å². The van der Waals surface area contributed by atoms with Gasteiger partial charge in [-0.25, -0.2) is 4.98 Å². The third-order valence-electron chi connectivity index (χ3n) is 1.74. The molecule has 0 unspecified atom stereocenters. The van der Waals surface area contributed by atoms with Crippen LogP contribution in [0, 0.1) is 6.92 Å². The van der Waals surface area contributed by atoms with E-state index in [1.807, 2.05) is 54.2 Å². The predicted molar refractivity (Wildman–Crippen MR) is 48.3 cm³/mol. The smallest absolute Gasteiger partial charge is 0.136 e. The summed E-state index contributed by atoms with van der Waals surface area (Å²) in [7, 11) is 0. The molecule has 2 aromatic rings. The van der Waals surface area contributed by atoms with E-state index >= 15 is 0 Å². The summed E-state index contributed by atoms with van der Waals surface area (Å²) in [5, 5.41) is 0. The van der Waals surface area contributed by atoms with E-state index in [4.69, 9.17) is 0 Å². The maximum atomic E-state index is 4.38. The fraction of sp³-hybridized carbons (Fsp3) is 0.100. The Balaban J connectivity index is 2.48. The molecule has 2 nitrogen and oxygen atoms in total. The lowest BCUT2D eigenvalue weighted by atomic mass is 10.4. The van der Waals surface area contributed by atoms with Crippen LogP contribution in [0.4, 0.5) is 0 Å². The minimum absolute atomic E-state index is 0.972. The quantitative estimate of drug-likeness (QED) is 0.622. The summed E-state index contributed by atoms with van der Waals surface area (Å²) < 4.78 is 1.99. The SMILES string of the molecule is Cc1cccc(-n2cccc2)n1. The topological polar surface area (TPSA) is 17.8 Å². The summed E-state index contributed by atoms with van der Waals surface area (Å²) in [6, 6.07) is 9.98. The lowest BCUT2D eigenvalue weighted by Crippen LogP contribution is -1.94. The van der Waals surface area contributed by atoms with E-state index in [0.29, 0.717) is 0 Å². The molecule has 0 aliphatic heterocycles. The van der Waals surface area contributed by atoms with Gasteiger partial charge in [0.15, 0.2) is 0 Å². The molecule has 0 aliphatic rings. The average molecular weight is 158 g/mol. The molecule has 0 aromatic carbocycles. The van der Waals surface area contributed by atoms with Gasteiger partial charge in [-0.2, -0.15) is 0 Å². The number of aromatic nitrogens is 2. The molecule has 60 valence electrons. The fourth-order valence-corrected chi connectivity index (χ4v) is 1.16. The maximum absolute atomic E-state index is 4.38. The lowest BCUT2D eigenvalue weighted by Gasteiger charge is -2.01. The number of hydrogen-bond donors (Lipinski definition) is 0. The molecule has 0 atom stereocenters. The first-order valence-corrected chi connectivity index (χ1v) is 3.93. The van der Waals surface area contributed by atoms with Crippen LogP contribution in [-0.2, 0) is 0 Å². The van der Waals surface area contributed by atoms with E-state index in [1.54, 1.807) is 0 Å². The van der Waals surface area contributed by atoms with Crippen LogP contribution >= 0.6 is 0 Å². The second kappa shape index (κ2) is 2.81. The van der Waals surface area contributed by atoms with Crippen molar-refractivity contribution in [2.75, 3.05) is 0 Å². The van der Waals surface area contributed by atoms with Gasteiger partial charge in [0.25, 0.3) is 0 Å². The second-order valence-electron chi connectivity index (χ2n) is 2.73. The number of hydrogen-bond acceptors (Lipinski definition) is 1. The molecule has 0 radical (unpaired) electrons. The predicted octanol–water partition coefficient (Wildman–Crippen LogP) is 2.18. The first-order chi connectivity index (χ1) is 5.86. The van der Waals surface area contributed by atoms with Gasteiger partial charge in [-0.1, -0.05) is 6.07 Å². The lowest BCUT2D eigenvalue weighted by molar-refractivity contribution is 0.988. The van der Waals surface area contributed by atoms with Gasteiger partial charge >= 0.3 is 0 Å². The molecule has 0 N–H and O–H groups in total. The molecule has 0 bridgehead atoms. The molecule has 2 heterocycles. The molecule has 0 aliphatic carbocycles. The molecule has 0 amide bonds. The molecule has 2 heteroatoms. The zero-order chi connectivity index (χ0) is 8.39. The van der Waals surface area contributed by atoms with Gasteiger partial charge in [0.05, 0.1) is 0 Å². The summed E-state index contributed by atoms with van der Waals surface area (Å²) in [4.78, 5) is 4.38. The number of nitrogens with zero attached hydrogens (tertiary/aromatic N) is 2. The van der Waals surface area contributed by atoms with Crippen molar-refractivity contribution < 1.29 is 0 Å². The number of aryl methyl sites for hydroxylation is 1. The number of rotatable bonds is 1. The highest BCUT2D eigenvalue weighted by atomic mass is 15.0. The fourth-order valence-electron chi connectivity index (χ4n) is 1.16. The zero-order valence-corrected chi connectivity index (χ0v) is 6.94. The third-order valence-corrected chi connectivity index (χ3v) is 1.74. The Kier molecular flexibility index (Phi) is 1.67. The Bertz CT molecular complexity index is 363. The molecule has 0 saturated heterocycles. The van der Waals surface area contributed by atoms with Gasteiger partial charge in [-0.05, 0) is 31.2 Å². The van der Waals surface area contributed by atoms with E-state index in [1.165, 1.54) is 0 Å². The Labute approximate surface area is 71.5 Å². The molecule has 2 aromatic heterocycles. The van der Waals surface area contributed by atoms with Crippen molar-refractivity contribution in [1.29, 1.82) is 0 Å². The van der Waals surface area contributed by atoms with Crippen LogP contribution in [0.1, 0.15) is 5.69 Å². The number of pyridine rings is 1. The third kappa shape index (κ3) is 1.23. The van der Waals surface area contributed by atoms with Crippen LogP contribution in [0.25, 0.3) is 5.82 Å². The van der Waals surface area contributed by atoms with Crippen molar-refractivity contribution in [3.05, 3.63) is 48.4 Å². The molecular weight excluding hydrogens is 148 g/mol. The highest BCUT2D eigenvalue weighted by molar-refractivity contribution is 5.25. The average Bonchev–Trinajstić information content (AvgIpc) is 2.56. The van der Waals surface area contributed by atoms with Crippen molar-refractivity contribution in [1.82, 2.24) is 9.55 Å². The van der Waals surface area contributed by atoms with Crippen LogP contribution < -0.4 is 0 Å². The summed E-state index contributed by atoms with van der Waals surface area (Å²) in [6.45, 7) is 1.99. The van der Waals surface area contributed by atoms with E-state index in [-0.39, 0.29) is 0 Å². The van der Waals surface area contributed by atoms with Crippen molar-refractivity contribution in [3.8, 4) is 5.82 Å². The second-order valence-corrected chi connectivity index (χ2v) is 2.73. The Morgan fingerprint density at radius 1 is 1.08 bits per heavy atom. The first-order valence-electron chi connectivity index (χ1n) is 3.93. The highest BCUT2D eigenvalue weighted by Crippen LogP contribution is 2.04. The van der Waals surface area contributed by atoms with Crippen LogP contribution in [0.5, 0.6) is 0 Å². The van der Waals surface area contributed by atoms with Gasteiger partial charge in [-0.15, -0.1) is 0 Å². The van der Waals surface area contributed by atoms with E-state index < -0.39 is 0 Å². The normalized spacial score (nSPS) is 10.1. The van der Waals surface area contributed by atoms with Gasteiger partial charge in [-0.3, -0.25) is 0 Å². The van der Waals surface area contributed by atoms with E-state index in [0.717, 1.165) is 11.5 Å². The molecule has 0 saturated carbocycles. The molecule has 0 spiro atoms. The van der Waals surface area contributed by atoms with Crippen LogP contribution in [0.2, 0.25) is 0 Å². The van der Waals surface area contributed by atoms with Crippen molar-refractivity contribution in [2.45, 2.75) is 6.92 Å². The monoisotopic (exact) mass is 158 g/mol. The van der Waals surface area contributed by atoms with Crippen molar-refractivity contribution >= 4 is 0 Å². The van der Waals surface area contributed by atoms with Crippen LogP contribution in [-0.4, -0.2) is 9.55 Å². The summed E-state index contributed by atoms with van der Waals surface area (Å²) >= 11 is 0. The summed E-state index contributed by atoms with van der Waals surface area (Å²) in [5.41, 5.74) is 1.04. The first kappa shape index (κ1) is 7.10. The molecule has 12 heavy (non-hydrogen) atoms. The van der Waals surface area contributed by atoms with Gasteiger partial charge < -0.3 is 4.57 Å². The van der Waals surface area contributed by atoms with Crippen LogP contribution in [0.3, 0.4) is 0 Å². The minimum atomic E-state index is 0.972. The Morgan fingerprint density at radius 2 is 1.83 bits per heavy atom. The maximum Gasteiger partial charge on any atom is 0.136 e. The van der Waals surface area contributed by atoms with E-state index in [2.05, 4.69) is 4.98 Å². The van der Waals surface area contributed by atoms with Crippen molar-refractivity contribution in [2.24, 2.45) is 0 Å². The van der Waals surface area contributed by atoms with E-state index in [9.17, 15) is 0 Å².